The molecule has 110 valence electrons. The summed E-state index contributed by atoms with van der Waals surface area (Å²) < 4.78 is 0. The lowest BCUT2D eigenvalue weighted by molar-refractivity contribution is -0.107. The molecular formula is C17H23ClO2. The smallest absolute Gasteiger partial charge is 0.245 e. The van der Waals surface area contributed by atoms with Gasteiger partial charge in [-0.1, -0.05) is 47.6 Å². The second-order valence-electron chi connectivity index (χ2n) is 7.10. The number of hydrogen-bond donors (Lipinski definition) is 1. The molecule has 0 aliphatic heterocycles. The van der Waals surface area contributed by atoms with Crippen molar-refractivity contribution in [3.8, 4) is 5.75 Å². The highest BCUT2D eigenvalue weighted by molar-refractivity contribution is 6.66. The van der Waals surface area contributed by atoms with Crippen LogP contribution in [-0.4, -0.2) is 10.3 Å². The third-order valence-electron chi connectivity index (χ3n) is 3.16. The van der Waals surface area contributed by atoms with Gasteiger partial charge in [0.15, 0.2) is 0 Å². The van der Waals surface area contributed by atoms with Crippen molar-refractivity contribution in [2.75, 3.05) is 0 Å². The van der Waals surface area contributed by atoms with E-state index < -0.39 is 5.24 Å². The van der Waals surface area contributed by atoms with E-state index in [-0.39, 0.29) is 10.8 Å². The van der Waals surface area contributed by atoms with Crippen LogP contribution in [0.25, 0.3) is 6.08 Å². The molecule has 0 aliphatic rings. The lowest BCUT2D eigenvalue weighted by atomic mass is 9.78. The van der Waals surface area contributed by atoms with Crippen LogP contribution < -0.4 is 0 Å². The molecule has 0 bridgehead atoms. The number of phenols is 1. The maximum atomic E-state index is 10.9. The Labute approximate surface area is 126 Å². The van der Waals surface area contributed by atoms with Crippen LogP contribution in [0.5, 0.6) is 5.75 Å². The predicted octanol–water partition coefficient (Wildman–Crippen LogP) is 4.77. The van der Waals surface area contributed by atoms with Gasteiger partial charge in [0.2, 0.25) is 5.24 Å². The van der Waals surface area contributed by atoms with Crippen LogP contribution in [0.4, 0.5) is 0 Å². The van der Waals surface area contributed by atoms with Gasteiger partial charge in [-0.05, 0) is 46.2 Å². The zero-order valence-electron chi connectivity index (χ0n) is 13.0. The van der Waals surface area contributed by atoms with Crippen molar-refractivity contribution in [2.45, 2.75) is 52.4 Å². The highest BCUT2D eigenvalue weighted by atomic mass is 35.5. The van der Waals surface area contributed by atoms with Crippen LogP contribution in [-0.2, 0) is 15.6 Å². The maximum Gasteiger partial charge on any atom is 0.245 e. The van der Waals surface area contributed by atoms with Crippen LogP contribution in [0.2, 0.25) is 0 Å². The van der Waals surface area contributed by atoms with Crippen LogP contribution in [0, 0.1) is 0 Å². The van der Waals surface area contributed by atoms with E-state index in [1.165, 1.54) is 6.08 Å². The van der Waals surface area contributed by atoms with Crippen molar-refractivity contribution in [1.82, 2.24) is 0 Å². The van der Waals surface area contributed by atoms with Gasteiger partial charge in [0.1, 0.15) is 5.75 Å². The summed E-state index contributed by atoms with van der Waals surface area (Å²) in [5.41, 5.74) is 2.24. The third-order valence-corrected chi connectivity index (χ3v) is 3.28. The highest BCUT2D eigenvalue weighted by Crippen LogP contribution is 2.39. The molecule has 0 atom stereocenters. The lowest BCUT2D eigenvalue weighted by Crippen LogP contribution is -2.17. The summed E-state index contributed by atoms with van der Waals surface area (Å²) >= 11 is 5.34. The molecule has 0 saturated heterocycles. The molecule has 2 nitrogen and oxygen atoms in total. The predicted molar refractivity (Wildman–Crippen MR) is 85.4 cm³/mol. The summed E-state index contributed by atoms with van der Waals surface area (Å²) in [5, 5.41) is 10.0. The average Bonchev–Trinajstić information content (AvgIpc) is 2.24. The fourth-order valence-corrected chi connectivity index (χ4v) is 2.12. The Bertz CT molecular complexity index is 508. The molecule has 1 aromatic carbocycles. The Hall–Kier alpha value is -1.28. The standard InChI is InChI=1S/C17H23ClO2/c1-16(2,3)12-9-11(7-8-14(18)19)10-13(15(12)20)17(4,5)6/h7-10,20H,1-6H3. The van der Waals surface area contributed by atoms with Crippen molar-refractivity contribution in [1.29, 1.82) is 0 Å². The first kappa shape index (κ1) is 16.8. The maximum absolute atomic E-state index is 10.9. The Morgan fingerprint density at radius 1 is 1.05 bits per heavy atom. The first-order valence-corrected chi connectivity index (χ1v) is 7.06. The first-order valence-electron chi connectivity index (χ1n) is 6.68. The van der Waals surface area contributed by atoms with Crippen molar-refractivity contribution in [2.24, 2.45) is 0 Å². The van der Waals surface area contributed by atoms with E-state index in [0.29, 0.717) is 5.75 Å². The minimum atomic E-state index is -0.507. The van der Waals surface area contributed by atoms with E-state index in [1.807, 2.05) is 12.1 Å². The van der Waals surface area contributed by atoms with Crippen molar-refractivity contribution >= 4 is 22.9 Å². The molecule has 0 heterocycles. The zero-order chi connectivity index (χ0) is 15.7. The van der Waals surface area contributed by atoms with Gasteiger partial charge in [0.05, 0.1) is 0 Å². The number of halogens is 1. The normalized spacial score (nSPS) is 12.9. The van der Waals surface area contributed by atoms with Gasteiger partial charge < -0.3 is 5.11 Å². The van der Waals surface area contributed by atoms with Crippen molar-refractivity contribution in [3.05, 3.63) is 34.9 Å². The molecule has 0 unspecified atom stereocenters. The topological polar surface area (TPSA) is 37.3 Å². The van der Waals surface area contributed by atoms with E-state index in [1.54, 1.807) is 6.08 Å². The first-order chi connectivity index (χ1) is 8.93. The van der Waals surface area contributed by atoms with Crippen LogP contribution in [0.15, 0.2) is 18.2 Å². The minimum Gasteiger partial charge on any atom is -0.507 e. The Morgan fingerprint density at radius 3 is 1.75 bits per heavy atom. The Morgan fingerprint density at radius 2 is 1.45 bits per heavy atom. The molecular weight excluding hydrogens is 272 g/mol. The van der Waals surface area contributed by atoms with Gasteiger partial charge >= 0.3 is 0 Å². The molecule has 0 spiro atoms. The summed E-state index contributed by atoms with van der Waals surface area (Å²) in [6.07, 6.45) is 3.01. The molecule has 3 heteroatoms. The molecule has 0 radical (unpaired) electrons. The number of carbonyl (C=O) groups is 1. The average molecular weight is 295 g/mol. The van der Waals surface area contributed by atoms with Gasteiger partial charge in [-0.25, -0.2) is 0 Å². The Balaban J connectivity index is 3.54. The van der Waals surface area contributed by atoms with Crippen molar-refractivity contribution < 1.29 is 9.90 Å². The van der Waals surface area contributed by atoms with Crippen LogP contribution >= 0.6 is 11.6 Å². The molecule has 1 N–H and O–H groups in total. The van der Waals surface area contributed by atoms with E-state index in [0.717, 1.165) is 16.7 Å². The second-order valence-corrected chi connectivity index (χ2v) is 7.47. The minimum absolute atomic E-state index is 0.182. The van der Waals surface area contributed by atoms with Crippen LogP contribution in [0.1, 0.15) is 58.2 Å². The fraction of sp³-hybridized carbons (Fsp3) is 0.471. The van der Waals surface area contributed by atoms with Gasteiger partial charge in [0, 0.05) is 11.1 Å². The van der Waals surface area contributed by atoms with Gasteiger partial charge in [-0.2, -0.15) is 0 Å². The largest absolute Gasteiger partial charge is 0.507 e. The van der Waals surface area contributed by atoms with Gasteiger partial charge in [-0.3, -0.25) is 4.79 Å². The number of rotatable bonds is 2. The number of aromatic hydroxyl groups is 1. The van der Waals surface area contributed by atoms with Crippen LogP contribution in [0.3, 0.4) is 0 Å². The summed E-state index contributed by atoms with van der Waals surface area (Å²) in [6, 6.07) is 3.81. The zero-order valence-corrected chi connectivity index (χ0v) is 13.8. The van der Waals surface area contributed by atoms with Gasteiger partial charge in [0.25, 0.3) is 0 Å². The van der Waals surface area contributed by atoms with E-state index in [9.17, 15) is 9.90 Å². The highest BCUT2D eigenvalue weighted by Gasteiger charge is 2.26. The number of benzene rings is 1. The number of hydrogen-bond acceptors (Lipinski definition) is 2. The summed E-state index contributed by atoms with van der Waals surface area (Å²) in [4.78, 5) is 10.9. The van der Waals surface area contributed by atoms with E-state index in [2.05, 4.69) is 41.5 Å². The monoisotopic (exact) mass is 294 g/mol. The second kappa shape index (κ2) is 5.61. The molecule has 0 aliphatic carbocycles. The number of carbonyl (C=O) groups excluding carboxylic acids is 1. The molecule has 1 rings (SSSR count). The molecule has 1 aromatic rings. The molecule has 0 saturated carbocycles. The third kappa shape index (κ3) is 4.11. The van der Waals surface area contributed by atoms with E-state index >= 15 is 0 Å². The summed E-state index contributed by atoms with van der Waals surface area (Å²) in [5.74, 6) is 0.333. The lowest BCUT2D eigenvalue weighted by Gasteiger charge is -2.27. The summed E-state index contributed by atoms with van der Waals surface area (Å²) in [6.45, 7) is 12.3. The molecule has 20 heavy (non-hydrogen) atoms. The molecule has 0 fully saturated rings. The molecule has 0 amide bonds. The molecule has 0 aromatic heterocycles. The van der Waals surface area contributed by atoms with E-state index in [4.69, 9.17) is 11.6 Å². The summed E-state index contributed by atoms with van der Waals surface area (Å²) in [7, 11) is 0. The quantitative estimate of drug-likeness (QED) is 0.630. The number of allylic oxidation sites excluding steroid dienone is 1. The van der Waals surface area contributed by atoms with Crippen molar-refractivity contribution in [3.63, 3.8) is 0 Å². The Kier molecular flexibility index (Phi) is 4.70. The number of phenolic OH excluding ortho intramolecular Hbond substituents is 1. The SMILES string of the molecule is CC(C)(C)c1cc(C=CC(=O)Cl)cc(C(C)(C)C)c1O. The van der Waals surface area contributed by atoms with Gasteiger partial charge in [-0.15, -0.1) is 0 Å². The fourth-order valence-electron chi connectivity index (χ4n) is 2.06.